The lowest BCUT2D eigenvalue weighted by molar-refractivity contribution is 0.0817. The van der Waals surface area contributed by atoms with Gasteiger partial charge in [0.05, 0.1) is 6.10 Å². The van der Waals surface area contributed by atoms with Crippen molar-refractivity contribution in [3.05, 3.63) is 11.4 Å². The maximum Gasteiger partial charge on any atom is 0.137 e. The maximum atomic E-state index is 5.42. The zero-order valence-corrected chi connectivity index (χ0v) is 12.4. The zero-order chi connectivity index (χ0) is 13.8. The molecule has 0 bridgehead atoms. The molecule has 0 radical (unpaired) electrons. The average Bonchev–Trinajstić information content (AvgIpc) is 2.47. The summed E-state index contributed by atoms with van der Waals surface area (Å²) in [5.41, 5.74) is 1.13. The van der Waals surface area contributed by atoms with E-state index in [1.54, 1.807) is 7.11 Å². The monoisotopic (exact) mass is 264 g/mol. The Hall–Kier alpha value is -1.36. The van der Waals surface area contributed by atoms with Crippen molar-refractivity contribution >= 4 is 11.6 Å². The topological polar surface area (TPSA) is 50.3 Å². The summed E-state index contributed by atoms with van der Waals surface area (Å²) in [6.45, 7) is 6.18. The Labute approximate surface area is 115 Å². The summed E-state index contributed by atoms with van der Waals surface area (Å²) in [7, 11) is 3.71. The van der Waals surface area contributed by atoms with Crippen LogP contribution in [-0.2, 0) is 11.2 Å². The normalized spacial score (nSPS) is 16.7. The van der Waals surface area contributed by atoms with Gasteiger partial charge in [-0.05, 0) is 19.8 Å². The van der Waals surface area contributed by atoms with E-state index in [0.29, 0.717) is 6.10 Å². The van der Waals surface area contributed by atoms with Crippen molar-refractivity contribution in [2.24, 2.45) is 0 Å². The Morgan fingerprint density at radius 3 is 2.53 bits per heavy atom. The van der Waals surface area contributed by atoms with Crippen LogP contribution in [0, 0.1) is 6.92 Å². The lowest BCUT2D eigenvalue weighted by Gasteiger charge is -2.33. The fourth-order valence-corrected chi connectivity index (χ4v) is 2.56. The van der Waals surface area contributed by atoms with Crippen LogP contribution in [0.5, 0.6) is 0 Å². The van der Waals surface area contributed by atoms with Gasteiger partial charge in [-0.2, -0.15) is 0 Å². The van der Waals surface area contributed by atoms with Crippen LogP contribution in [0.25, 0.3) is 0 Å². The van der Waals surface area contributed by atoms with E-state index in [0.717, 1.165) is 55.4 Å². The minimum Gasteiger partial charge on any atom is -0.381 e. The van der Waals surface area contributed by atoms with Crippen LogP contribution in [0.15, 0.2) is 0 Å². The summed E-state index contributed by atoms with van der Waals surface area (Å²) in [5.74, 6) is 2.92. The van der Waals surface area contributed by atoms with Crippen molar-refractivity contribution in [2.45, 2.75) is 39.2 Å². The lowest BCUT2D eigenvalue weighted by Crippen LogP contribution is -2.37. The van der Waals surface area contributed by atoms with Gasteiger partial charge in [0.25, 0.3) is 0 Å². The zero-order valence-electron chi connectivity index (χ0n) is 12.4. The van der Waals surface area contributed by atoms with E-state index in [1.165, 1.54) is 0 Å². The van der Waals surface area contributed by atoms with Gasteiger partial charge < -0.3 is 15.0 Å². The van der Waals surface area contributed by atoms with Gasteiger partial charge in [-0.3, -0.25) is 0 Å². The molecule has 106 valence electrons. The molecule has 1 N–H and O–H groups in total. The number of aromatic nitrogens is 2. The Morgan fingerprint density at radius 2 is 2.00 bits per heavy atom. The van der Waals surface area contributed by atoms with Gasteiger partial charge in [-0.1, -0.05) is 6.92 Å². The first kappa shape index (κ1) is 14.1. The molecule has 2 rings (SSSR count). The number of anilines is 2. The Balaban J connectivity index is 2.24. The molecule has 2 heterocycles. The second-order valence-electron chi connectivity index (χ2n) is 4.96. The van der Waals surface area contributed by atoms with E-state index in [-0.39, 0.29) is 0 Å². The number of piperidine rings is 1. The van der Waals surface area contributed by atoms with Gasteiger partial charge >= 0.3 is 0 Å². The summed E-state index contributed by atoms with van der Waals surface area (Å²) in [6.07, 6.45) is 3.39. The van der Waals surface area contributed by atoms with Crippen molar-refractivity contribution in [1.82, 2.24) is 9.97 Å². The van der Waals surface area contributed by atoms with Gasteiger partial charge in [0, 0.05) is 39.2 Å². The SMILES string of the molecule is CCc1nc(NC)c(C)c(N2CCC(OC)CC2)n1. The van der Waals surface area contributed by atoms with Gasteiger partial charge in [0.1, 0.15) is 17.5 Å². The van der Waals surface area contributed by atoms with Gasteiger partial charge in [0.15, 0.2) is 0 Å². The van der Waals surface area contributed by atoms with Crippen molar-refractivity contribution < 1.29 is 4.74 Å². The Morgan fingerprint density at radius 1 is 1.32 bits per heavy atom. The molecule has 0 atom stereocenters. The predicted molar refractivity (Wildman–Crippen MR) is 77.9 cm³/mol. The molecular weight excluding hydrogens is 240 g/mol. The fourth-order valence-electron chi connectivity index (χ4n) is 2.56. The van der Waals surface area contributed by atoms with Crippen LogP contribution in [0.2, 0.25) is 0 Å². The second kappa shape index (κ2) is 6.19. The number of aryl methyl sites for hydroxylation is 1. The summed E-state index contributed by atoms with van der Waals surface area (Å²) in [6, 6.07) is 0. The molecule has 5 heteroatoms. The number of rotatable bonds is 4. The Bertz CT molecular complexity index is 428. The molecule has 1 saturated heterocycles. The first-order chi connectivity index (χ1) is 9.19. The molecule has 1 aliphatic rings. The highest BCUT2D eigenvalue weighted by Crippen LogP contribution is 2.26. The number of ether oxygens (including phenoxy) is 1. The van der Waals surface area contributed by atoms with Crippen LogP contribution in [0.1, 0.15) is 31.2 Å². The maximum absolute atomic E-state index is 5.42. The minimum absolute atomic E-state index is 0.396. The van der Waals surface area contributed by atoms with E-state index in [2.05, 4.69) is 29.0 Å². The molecule has 1 aromatic rings. The molecule has 0 aromatic carbocycles. The average molecular weight is 264 g/mol. The van der Waals surface area contributed by atoms with Crippen LogP contribution in [0.3, 0.4) is 0 Å². The molecule has 0 amide bonds. The highest BCUT2D eigenvalue weighted by molar-refractivity contribution is 5.58. The third kappa shape index (κ3) is 2.97. The van der Waals surface area contributed by atoms with Crippen LogP contribution in [-0.4, -0.2) is 43.3 Å². The molecule has 0 unspecified atom stereocenters. The fraction of sp³-hybridized carbons (Fsp3) is 0.714. The third-order valence-electron chi connectivity index (χ3n) is 3.79. The third-order valence-corrected chi connectivity index (χ3v) is 3.79. The first-order valence-corrected chi connectivity index (χ1v) is 7.02. The minimum atomic E-state index is 0.396. The molecule has 0 saturated carbocycles. The predicted octanol–water partition coefficient (Wildman–Crippen LogP) is 2.00. The Kier molecular flexibility index (Phi) is 4.58. The van der Waals surface area contributed by atoms with Crippen molar-refractivity contribution in [2.75, 3.05) is 37.5 Å². The van der Waals surface area contributed by atoms with Crippen molar-refractivity contribution in [3.63, 3.8) is 0 Å². The summed E-state index contributed by atoms with van der Waals surface area (Å²) < 4.78 is 5.42. The van der Waals surface area contributed by atoms with E-state index in [4.69, 9.17) is 9.72 Å². The number of nitrogens with one attached hydrogen (secondary N) is 1. The highest BCUT2D eigenvalue weighted by Gasteiger charge is 2.22. The van der Waals surface area contributed by atoms with Gasteiger partial charge in [0.2, 0.25) is 0 Å². The number of hydrogen-bond donors (Lipinski definition) is 1. The van der Waals surface area contributed by atoms with Crippen LogP contribution < -0.4 is 10.2 Å². The molecule has 1 aromatic heterocycles. The van der Waals surface area contributed by atoms with Crippen LogP contribution in [0.4, 0.5) is 11.6 Å². The van der Waals surface area contributed by atoms with E-state index in [1.807, 2.05) is 7.05 Å². The molecule has 1 aliphatic heterocycles. The quantitative estimate of drug-likeness (QED) is 0.901. The summed E-state index contributed by atoms with van der Waals surface area (Å²) >= 11 is 0. The molecule has 19 heavy (non-hydrogen) atoms. The van der Waals surface area contributed by atoms with Gasteiger partial charge in [-0.25, -0.2) is 9.97 Å². The summed E-state index contributed by atoms with van der Waals surface area (Å²) in [4.78, 5) is 11.6. The van der Waals surface area contributed by atoms with Gasteiger partial charge in [-0.15, -0.1) is 0 Å². The van der Waals surface area contributed by atoms with E-state index in [9.17, 15) is 0 Å². The lowest BCUT2D eigenvalue weighted by atomic mass is 10.1. The van der Waals surface area contributed by atoms with Crippen LogP contribution >= 0.6 is 0 Å². The molecule has 0 aliphatic carbocycles. The molecular formula is C14H24N4O. The van der Waals surface area contributed by atoms with Crippen molar-refractivity contribution in [3.8, 4) is 0 Å². The number of methoxy groups -OCH3 is 1. The molecule has 1 fully saturated rings. The largest absolute Gasteiger partial charge is 0.381 e. The summed E-state index contributed by atoms with van der Waals surface area (Å²) in [5, 5.41) is 3.17. The molecule has 5 nitrogen and oxygen atoms in total. The number of nitrogens with zero attached hydrogens (tertiary/aromatic N) is 3. The second-order valence-corrected chi connectivity index (χ2v) is 4.96. The highest BCUT2D eigenvalue weighted by atomic mass is 16.5. The van der Waals surface area contributed by atoms with E-state index < -0.39 is 0 Å². The van der Waals surface area contributed by atoms with Crippen molar-refractivity contribution in [1.29, 1.82) is 0 Å². The number of hydrogen-bond acceptors (Lipinski definition) is 5. The van der Waals surface area contributed by atoms with E-state index >= 15 is 0 Å². The first-order valence-electron chi connectivity index (χ1n) is 7.02. The smallest absolute Gasteiger partial charge is 0.137 e. The molecule has 0 spiro atoms. The standard InChI is InChI=1S/C14H24N4O/c1-5-12-16-13(15-3)10(2)14(17-12)18-8-6-11(19-4)7-9-18/h11H,5-9H2,1-4H3,(H,15,16,17).